The van der Waals surface area contributed by atoms with Crippen molar-refractivity contribution in [3.05, 3.63) is 0 Å². The van der Waals surface area contributed by atoms with E-state index in [0.29, 0.717) is 25.9 Å². The Morgan fingerprint density at radius 3 is 2.48 bits per heavy atom. The summed E-state index contributed by atoms with van der Waals surface area (Å²) in [7, 11) is 0. The number of carbonyl (C=O) groups is 2. The third kappa shape index (κ3) is 5.53. The molecule has 122 valence electrons. The number of hydrogen-bond donors (Lipinski definition) is 3. The van der Waals surface area contributed by atoms with Gasteiger partial charge < -0.3 is 21.1 Å². The SMILES string of the molecule is CCC(O)CC1CC(NC(=O)C(C)(C)C)CN(C(N)=O)C1. The van der Waals surface area contributed by atoms with Crippen LogP contribution in [0.3, 0.4) is 0 Å². The number of amides is 3. The van der Waals surface area contributed by atoms with Gasteiger partial charge in [0.1, 0.15) is 0 Å². The van der Waals surface area contributed by atoms with Gasteiger partial charge in [-0.1, -0.05) is 27.7 Å². The summed E-state index contributed by atoms with van der Waals surface area (Å²) in [6, 6.07) is -0.576. The van der Waals surface area contributed by atoms with Crippen LogP contribution in [-0.2, 0) is 4.79 Å². The molecular formula is C15H29N3O3. The molecule has 0 radical (unpaired) electrons. The summed E-state index contributed by atoms with van der Waals surface area (Å²) < 4.78 is 0. The lowest BCUT2D eigenvalue weighted by Crippen LogP contribution is -2.55. The number of nitrogens with two attached hydrogens (primary N) is 1. The molecule has 0 aromatic carbocycles. The minimum Gasteiger partial charge on any atom is -0.393 e. The summed E-state index contributed by atoms with van der Waals surface area (Å²) in [5.74, 6) is 0.125. The first-order valence-corrected chi connectivity index (χ1v) is 7.66. The highest BCUT2D eigenvalue weighted by Gasteiger charge is 2.32. The largest absolute Gasteiger partial charge is 0.393 e. The summed E-state index contributed by atoms with van der Waals surface area (Å²) in [5, 5.41) is 12.8. The molecule has 3 unspecified atom stereocenters. The number of rotatable bonds is 4. The van der Waals surface area contributed by atoms with Crippen LogP contribution in [0.2, 0.25) is 0 Å². The van der Waals surface area contributed by atoms with Gasteiger partial charge in [-0.25, -0.2) is 4.79 Å². The lowest BCUT2D eigenvalue weighted by Gasteiger charge is -2.38. The molecule has 1 fully saturated rings. The maximum absolute atomic E-state index is 12.1. The molecule has 6 heteroatoms. The Morgan fingerprint density at radius 2 is 2.00 bits per heavy atom. The average Bonchev–Trinajstić information content (AvgIpc) is 2.37. The van der Waals surface area contributed by atoms with Crippen molar-refractivity contribution in [2.45, 2.75) is 59.1 Å². The fourth-order valence-corrected chi connectivity index (χ4v) is 2.61. The van der Waals surface area contributed by atoms with Gasteiger partial charge in [0.25, 0.3) is 0 Å². The maximum Gasteiger partial charge on any atom is 0.314 e. The molecule has 21 heavy (non-hydrogen) atoms. The fourth-order valence-electron chi connectivity index (χ4n) is 2.61. The second-order valence-corrected chi connectivity index (χ2v) is 7.06. The van der Waals surface area contributed by atoms with Crippen LogP contribution in [0.15, 0.2) is 0 Å². The molecular weight excluding hydrogens is 270 g/mol. The summed E-state index contributed by atoms with van der Waals surface area (Å²) >= 11 is 0. The molecule has 3 atom stereocenters. The zero-order valence-corrected chi connectivity index (χ0v) is 13.6. The van der Waals surface area contributed by atoms with E-state index in [1.54, 1.807) is 4.90 Å². The van der Waals surface area contributed by atoms with Gasteiger partial charge in [-0.3, -0.25) is 4.79 Å². The Bertz CT molecular complexity index is 379. The van der Waals surface area contributed by atoms with E-state index in [1.165, 1.54) is 0 Å². The van der Waals surface area contributed by atoms with Crippen molar-refractivity contribution in [1.82, 2.24) is 10.2 Å². The number of hydrogen-bond acceptors (Lipinski definition) is 3. The molecule has 1 heterocycles. The van der Waals surface area contributed by atoms with Gasteiger partial charge in [0.15, 0.2) is 0 Å². The van der Waals surface area contributed by atoms with Gasteiger partial charge in [-0.05, 0) is 25.2 Å². The third-order valence-electron chi connectivity index (χ3n) is 3.94. The topological polar surface area (TPSA) is 95.7 Å². The number of primary amides is 1. The van der Waals surface area contributed by atoms with Crippen molar-refractivity contribution in [3.63, 3.8) is 0 Å². The van der Waals surface area contributed by atoms with Crippen molar-refractivity contribution >= 4 is 11.9 Å². The predicted octanol–water partition coefficient (Wildman–Crippen LogP) is 1.08. The van der Waals surface area contributed by atoms with E-state index in [9.17, 15) is 14.7 Å². The van der Waals surface area contributed by atoms with Crippen LogP contribution in [0, 0.1) is 11.3 Å². The highest BCUT2D eigenvalue weighted by atomic mass is 16.3. The molecule has 0 aromatic rings. The van der Waals surface area contributed by atoms with Gasteiger partial charge in [0, 0.05) is 24.5 Å². The predicted molar refractivity (Wildman–Crippen MR) is 81.6 cm³/mol. The van der Waals surface area contributed by atoms with Gasteiger partial charge in [0.2, 0.25) is 5.91 Å². The molecule has 1 aliphatic rings. The molecule has 1 aliphatic heterocycles. The van der Waals surface area contributed by atoms with E-state index in [0.717, 1.165) is 6.42 Å². The number of nitrogens with one attached hydrogen (secondary N) is 1. The standard InChI is InChI=1S/C15H29N3O3/c1-5-12(19)7-10-6-11(9-18(8-10)14(16)21)17-13(20)15(2,3)4/h10-12,19H,5-9H2,1-4H3,(H2,16,21)(H,17,20). The van der Waals surface area contributed by atoms with Crippen LogP contribution in [0.5, 0.6) is 0 Å². The monoisotopic (exact) mass is 299 g/mol. The molecule has 0 spiro atoms. The number of likely N-dealkylation sites (tertiary alicyclic amines) is 1. The van der Waals surface area contributed by atoms with Crippen LogP contribution in [0.25, 0.3) is 0 Å². The Balaban J connectivity index is 2.70. The number of aliphatic hydroxyl groups excluding tert-OH is 1. The quantitative estimate of drug-likeness (QED) is 0.724. The number of nitrogens with zero attached hydrogens (tertiary/aromatic N) is 1. The first-order chi connectivity index (χ1) is 9.63. The summed E-state index contributed by atoms with van der Waals surface area (Å²) in [5.41, 5.74) is 4.92. The zero-order chi connectivity index (χ0) is 16.2. The molecule has 4 N–H and O–H groups in total. The Kier molecular flexibility index (Phi) is 6.01. The minimum atomic E-state index is -0.472. The van der Waals surface area contributed by atoms with Gasteiger partial charge in [0.05, 0.1) is 6.10 Å². The Morgan fingerprint density at radius 1 is 1.38 bits per heavy atom. The van der Waals surface area contributed by atoms with Crippen molar-refractivity contribution in [2.24, 2.45) is 17.1 Å². The highest BCUT2D eigenvalue weighted by molar-refractivity contribution is 5.81. The van der Waals surface area contributed by atoms with E-state index in [4.69, 9.17) is 5.73 Å². The third-order valence-corrected chi connectivity index (χ3v) is 3.94. The maximum atomic E-state index is 12.1. The van der Waals surface area contributed by atoms with Crippen LogP contribution in [-0.4, -0.2) is 47.2 Å². The smallest absolute Gasteiger partial charge is 0.314 e. The van der Waals surface area contributed by atoms with E-state index in [2.05, 4.69) is 5.32 Å². The van der Waals surface area contributed by atoms with E-state index in [1.807, 2.05) is 27.7 Å². The number of piperidine rings is 1. The van der Waals surface area contributed by atoms with Crippen molar-refractivity contribution in [3.8, 4) is 0 Å². The molecule has 1 saturated heterocycles. The van der Waals surface area contributed by atoms with Crippen molar-refractivity contribution in [2.75, 3.05) is 13.1 Å². The molecule has 0 saturated carbocycles. The lowest BCUT2D eigenvalue weighted by atomic mass is 9.88. The van der Waals surface area contributed by atoms with Crippen LogP contribution >= 0.6 is 0 Å². The second-order valence-electron chi connectivity index (χ2n) is 7.06. The van der Waals surface area contributed by atoms with E-state index < -0.39 is 11.4 Å². The fraction of sp³-hybridized carbons (Fsp3) is 0.867. The van der Waals surface area contributed by atoms with Crippen LogP contribution in [0.1, 0.15) is 47.0 Å². The minimum absolute atomic E-state index is 0.0337. The normalized spacial score (nSPS) is 24.5. The highest BCUT2D eigenvalue weighted by Crippen LogP contribution is 2.23. The molecule has 0 aromatic heterocycles. The van der Waals surface area contributed by atoms with Crippen LogP contribution in [0.4, 0.5) is 4.79 Å². The second kappa shape index (κ2) is 7.11. The molecule has 6 nitrogen and oxygen atoms in total. The summed E-state index contributed by atoms with van der Waals surface area (Å²) in [6.07, 6.45) is 1.71. The Labute approximate surface area is 127 Å². The number of urea groups is 1. The molecule has 3 amide bonds. The van der Waals surface area contributed by atoms with Gasteiger partial charge >= 0.3 is 6.03 Å². The van der Waals surface area contributed by atoms with Gasteiger partial charge in [-0.2, -0.15) is 0 Å². The van der Waals surface area contributed by atoms with Crippen molar-refractivity contribution < 1.29 is 14.7 Å². The number of aliphatic hydroxyl groups is 1. The van der Waals surface area contributed by atoms with E-state index in [-0.39, 0.29) is 24.0 Å². The van der Waals surface area contributed by atoms with Crippen LogP contribution < -0.4 is 11.1 Å². The first kappa shape index (κ1) is 17.8. The average molecular weight is 299 g/mol. The molecule has 1 rings (SSSR count). The first-order valence-electron chi connectivity index (χ1n) is 7.66. The Hall–Kier alpha value is -1.30. The van der Waals surface area contributed by atoms with Crippen molar-refractivity contribution in [1.29, 1.82) is 0 Å². The zero-order valence-electron chi connectivity index (χ0n) is 13.6. The summed E-state index contributed by atoms with van der Waals surface area (Å²) in [6.45, 7) is 8.49. The van der Waals surface area contributed by atoms with E-state index >= 15 is 0 Å². The summed E-state index contributed by atoms with van der Waals surface area (Å²) in [4.78, 5) is 25.1. The molecule has 0 aliphatic carbocycles. The molecule has 0 bridgehead atoms. The lowest BCUT2D eigenvalue weighted by molar-refractivity contribution is -0.129. The van der Waals surface area contributed by atoms with Gasteiger partial charge in [-0.15, -0.1) is 0 Å². The number of carbonyl (C=O) groups excluding carboxylic acids is 2.